The maximum Gasteiger partial charge on any atom is 0.284 e. The second-order valence-corrected chi connectivity index (χ2v) is 8.52. The van der Waals surface area contributed by atoms with Crippen LogP contribution in [0.3, 0.4) is 0 Å². The van der Waals surface area contributed by atoms with Crippen molar-refractivity contribution >= 4 is 40.2 Å². The molecule has 6 N–H and O–H groups in total. The molecular weight excluding hydrogens is 454 g/mol. The van der Waals surface area contributed by atoms with Crippen LogP contribution in [0.4, 0.5) is 11.4 Å². The first kappa shape index (κ1) is 23.8. The van der Waals surface area contributed by atoms with Crippen molar-refractivity contribution in [1.29, 1.82) is 0 Å². The van der Waals surface area contributed by atoms with Crippen LogP contribution in [0.25, 0.3) is 10.4 Å². The Morgan fingerprint density at radius 3 is 2.47 bits per heavy atom. The van der Waals surface area contributed by atoms with Crippen molar-refractivity contribution in [2.75, 3.05) is 24.5 Å². The van der Waals surface area contributed by atoms with Gasteiger partial charge in [-0.05, 0) is 42.8 Å². The van der Waals surface area contributed by atoms with Gasteiger partial charge in [-0.1, -0.05) is 23.7 Å². The Labute approximate surface area is 194 Å². The van der Waals surface area contributed by atoms with Gasteiger partial charge in [0.25, 0.3) is 5.91 Å². The Balaban J connectivity index is 1.80. The Kier molecular flexibility index (Phi) is 7.60. The number of carbonyl (C=O) groups is 1. The maximum absolute atomic E-state index is 13.0. The number of ether oxygens (including phenoxy) is 2. The monoisotopic (exact) mass is 477 g/mol. The molecule has 0 aliphatic carbocycles. The number of rotatable bonds is 8. The summed E-state index contributed by atoms with van der Waals surface area (Å²) in [6.07, 6.45) is -1.99. The van der Waals surface area contributed by atoms with E-state index in [4.69, 9.17) is 32.7 Å². The van der Waals surface area contributed by atoms with Crippen LogP contribution < -0.4 is 26.1 Å². The fourth-order valence-corrected chi connectivity index (χ4v) is 3.94. The highest BCUT2D eigenvalue weighted by atomic mass is 35.5. The van der Waals surface area contributed by atoms with Gasteiger partial charge >= 0.3 is 0 Å². The van der Waals surface area contributed by atoms with E-state index in [2.05, 4.69) is 0 Å². The number of nitrogens with two attached hydrogens (primary N) is 2. The van der Waals surface area contributed by atoms with E-state index in [-0.39, 0.29) is 6.61 Å². The van der Waals surface area contributed by atoms with Gasteiger partial charge in [0, 0.05) is 16.0 Å². The predicted molar refractivity (Wildman–Crippen MR) is 126 cm³/mol. The lowest BCUT2D eigenvalue weighted by atomic mass is 10.2. The molecule has 0 aliphatic rings. The molecule has 0 spiro atoms. The number of amides is 1. The van der Waals surface area contributed by atoms with E-state index < -0.39 is 18.1 Å². The van der Waals surface area contributed by atoms with E-state index >= 15 is 0 Å². The number of hydrazine groups is 1. The fraction of sp³-hybridized carbons (Fsp3) is 0.227. The summed E-state index contributed by atoms with van der Waals surface area (Å²) in [4.78, 5) is 14.1. The quantitative estimate of drug-likeness (QED) is 0.222. The van der Waals surface area contributed by atoms with Crippen molar-refractivity contribution < 1.29 is 24.5 Å². The van der Waals surface area contributed by atoms with Crippen LogP contribution in [-0.4, -0.2) is 42.0 Å². The molecule has 0 saturated heterocycles. The molecule has 0 aliphatic heterocycles. The average Bonchev–Trinajstić information content (AvgIpc) is 3.18. The molecule has 1 heterocycles. The summed E-state index contributed by atoms with van der Waals surface area (Å²) >= 11 is 7.17. The van der Waals surface area contributed by atoms with Crippen LogP contribution in [0.5, 0.6) is 11.5 Å². The van der Waals surface area contributed by atoms with Crippen LogP contribution >= 0.6 is 22.9 Å². The van der Waals surface area contributed by atoms with Crippen molar-refractivity contribution in [2.24, 2.45) is 5.84 Å². The lowest BCUT2D eigenvalue weighted by molar-refractivity contribution is 0.00178. The highest BCUT2D eigenvalue weighted by molar-refractivity contribution is 7.18. The third kappa shape index (κ3) is 5.32. The number of halogens is 1. The van der Waals surface area contributed by atoms with Gasteiger partial charge in [0.2, 0.25) is 0 Å². The summed E-state index contributed by atoms with van der Waals surface area (Å²) in [7, 11) is 1.44. The molecule has 170 valence electrons. The summed E-state index contributed by atoms with van der Waals surface area (Å²) in [5, 5.41) is 20.7. The Morgan fingerprint density at radius 1 is 1.16 bits per heavy atom. The molecule has 0 bridgehead atoms. The van der Waals surface area contributed by atoms with E-state index in [0.29, 0.717) is 32.8 Å². The van der Waals surface area contributed by atoms with Crippen molar-refractivity contribution in [3.05, 3.63) is 58.4 Å². The number of hydrogen-bond donors (Lipinski definition) is 4. The molecule has 0 saturated carbocycles. The SMILES string of the molecule is COc1cc(N(N)C(=O)c2sc(-c3ccc(Cl)cc3)cc2N)ccc1OCC(O)C(C)O. The number of aliphatic hydroxyl groups is 2. The number of methoxy groups -OCH3 is 1. The highest BCUT2D eigenvalue weighted by Gasteiger charge is 2.22. The largest absolute Gasteiger partial charge is 0.493 e. The molecule has 8 nitrogen and oxygen atoms in total. The number of thiophene rings is 1. The van der Waals surface area contributed by atoms with Crippen LogP contribution in [0.2, 0.25) is 5.02 Å². The summed E-state index contributed by atoms with van der Waals surface area (Å²) in [5.74, 6) is 6.25. The summed E-state index contributed by atoms with van der Waals surface area (Å²) < 4.78 is 10.8. The number of aliphatic hydroxyl groups excluding tert-OH is 2. The van der Waals surface area contributed by atoms with Gasteiger partial charge in [0.1, 0.15) is 17.6 Å². The second-order valence-electron chi connectivity index (χ2n) is 7.03. The Hall–Kier alpha value is -2.82. The molecular formula is C22H24ClN3O5S. The first-order valence-electron chi connectivity index (χ1n) is 9.62. The van der Waals surface area contributed by atoms with Crippen LogP contribution in [0, 0.1) is 0 Å². The minimum Gasteiger partial charge on any atom is -0.493 e. The van der Waals surface area contributed by atoms with Gasteiger partial charge in [0.15, 0.2) is 11.5 Å². The number of hydrogen-bond acceptors (Lipinski definition) is 8. The van der Waals surface area contributed by atoms with Crippen molar-refractivity contribution in [3.63, 3.8) is 0 Å². The summed E-state index contributed by atoms with van der Waals surface area (Å²) in [6.45, 7) is 1.33. The third-order valence-corrected chi connectivity index (χ3v) is 6.13. The van der Waals surface area contributed by atoms with E-state index in [0.717, 1.165) is 15.4 Å². The normalized spacial score (nSPS) is 12.8. The van der Waals surface area contributed by atoms with Gasteiger partial charge in [-0.15, -0.1) is 11.3 Å². The zero-order valence-corrected chi connectivity index (χ0v) is 19.1. The van der Waals surface area contributed by atoms with Gasteiger partial charge < -0.3 is 25.4 Å². The van der Waals surface area contributed by atoms with Crippen LogP contribution in [0.15, 0.2) is 48.5 Å². The minimum atomic E-state index is -1.05. The molecule has 2 aromatic carbocycles. The molecule has 3 rings (SSSR count). The molecule has 0 fully saturated rings. The Morgan fingerprint density at radius 2 is 1.84 bits per heavy atom. The summed E-state index contributed by atoms with van der Waals surface area (Å²) in [6, 6.07) is 13.6. The number of anilines is 2. The van der Waals surface area contributed by atoms with Gasteiger partial charge in [0.05, 0.1) is 24.6 Å². The van der Waals surface area contributed by atoms with Gasteiger partial charge in [-0.25, -0.2) is 10.9 Å². The molecule has 3 aromatic rings. The highest BCUT2D eigenvalue weighted by Crippen LogP contribution is 2.36. The molecule has 1 amide bonds. The number of carbonyl (C=O) groups excluding carboxylic acids is 1. The molecule has 0 radical (unpaired) electrons. The first-order chi connectivity index (χ1) is 15.2. The van der Waals surface area contributed by atoms with Gasteiger partial charge in [-0.2, -0.15) is 0 Å². The van der Waals surface area contributed by atoms with Gasteiger partial charge in [-0.3, -0.25) is 4.79 Å². The zero-order chi connectivity index (χ0) is 23.4. The third-order valence-electron chi connectivity index (χ3n) is 4.69. The number of nitrogen functional groups attached to an aromatic ring is 1. The second kappa shape index (κ2) is 10.2. The van der Waals surface area contributed by atoms with Crippen LogP contribution in [-0.2, 0) is 0 Å². The first-order valence-corrected chi connectivity index (χ1v) is 10.8. The number of nitrogens with zero attached hydrogens (tertiary/aromatic N) is 1. The smallest absolute Gasteiger partial charge is 0.284 e. The fourth-order valence-electron chi connectivity index (χ4n) is 2.80. The number of benzene rings is 2. The topological polar surface area (TPSA) is 131 Å². The predicted octanol–water partition coefficient (Wildman–Crippen LogP) is 3.30. The van der Waals surface area contributed by atoms with Crippen molar-refractivity contribution in [3.8, 4) is 21.9 Å². The van der Waals surface area contributed by atoms with E-state index in [1.54, 1.807) is 30.3 Å². The average molecular weight is 478 g/mol. The lowest BCUT2D eigenvalue weighted by Crippen LogP contribution is -2.37. The lowest BCUT2D eigenvalue weighted by Gasteiger charge is -2.20. The maximum atomic E-state index is 13.0. The molecule has 32 heavy (non-hydrogen) atoms. The molecule has 2 unspecified atom stereocenters. The molecule has 2 atom stereocenters. The molecule has 10 heteroatoms. The van der Waals surface area contributed by atoms with Crippen molar-refractivity contribution in [1.82, 2.24) is 0 Å². The van der Waals surface area contributed by atoms with E-state index in [1.807, 2.05) is 12.1 Å². The minimum absolute atomic E-state index is 0.127. The van der Waals surface area contributed by atoms with E-state index in [9.17, 15) is 15.0 Å². The van der Waals surface area contributed by atoms with Crippen molar-refractivity contribution in [2.45, 2.75) is 19.1 Å². The zero-order valence-electron chi connectivity index (χ0n) is 17.5. The van der Waals surface area contributed by atoms with E-state index in [1.165, 1.54) is 31.4 Å². The summed E-state index contributed by atoms with van der Waals surface area (Å²) in [5.41, 5.74) is 7.65. The van der Waals surface area contributed by atoms with Crippen LogP contribution in [0.1, 0.15) is 16.6 Å². The molecule has 1 aromatic heterocycles. The Bertz CT molecular complexity index is 1090. The standard InChI is InChI=1S/C22H24ClN3O5S/c1-12(27)17(28)11-31-18-8-7-15(9-19(18)30-2)26(25)22(29)21-16(24)10-20(32-21)13-3-5-14(23)6-4-13/h3-10,12,17,27-28H,11,24-25H2,1-2H3.